The highest BCUT2D eigenvalue weighted by Gasteiger charge is 2.23. The lowest BCUT2D eigenvalue weighted by molar-refractivity contribution is -0.149. The van der Waals surface area contributed by atoms with Crippen LogP contribution in [0.4, 0.5) is 5.69 Å². The van der Waals surface area contributed by atoms with Crippen LogP contribution in [0.1, 0.15) is 27.9 Å². The van der Waals surface area contributed by atoms with Crippen LogP contribution in [0.25, 0.3) is 0 Å². The summed E-state index contributed by atoms with van der Waals surface area (Å²) >= 11 is 1.56. The molecule has 0 saturated carbocycles. The summed E-state index contributed by atoms with van der Waals surface area (Å²) in [6.45, 7) is 3.45. The van der Waals surface area contributed by atoms with E-state index in [0.717, 1.165) is 11.1 Å². The van der Waals surface area contributed by atoms with Crippen molar-refractivity contribution in [3.8, 4) is 0 Å². The van der Waals surface area contributed by atoms with Crippen LogP contribution in [-0.4, -0.2) is 42.4 Å². The van der Waals surface area contributed by atoms with Crippen molar-refractivity contribution in [1.82, 2.24) is 5.32 Å². The Labute approximate surface area is 175 Å². The molecule has 0 bridgehead atoms. The first-order chi connectivity index (χ1) is 13.9. The number of thioether (sulfide) groups is 1. The fourth-order valence-electron chi connectivity index (χ4n) is 2.69. The van der Waals surface area contributed by atoms with Crippen molar-refractivity contribution < 1.29 is 19.1 Å². The van der Waals surface area contributed by atoms with Gasteiger partial charge in [-0.2, -0.15) is 11.8 Å². The van der Waals surface area contributed by atoms with E-state index < -0.39 is 24.5 Å². The fourth-order valence-corrected chi connectivity index (χ4v) is 3.16. The summed E-state index contributed by atoms with van der Waals surface area (Å²) in [5.74, 6) is -0.736. The number of aryl methyl sites for hydroxylation is 2. The molecular weight excluding hydrogens is 388 g/mol. The van der Waals surface area contributed by atoms with Crippen LogP contribution in [0.2, 0.25) is 0 Å². The predicted octanol–water partition coefficient (Wildman–Crippen LogP) is 3.34. The zero-order valence-electron chi connectivity index (χ0n) is 16.9. The van der Waals surface area contributed by atoms with Crippen LogP contribution in [0.3, 0.4) is 0 Å². The van der Waals surface area contributed by atoms with Gasteiger partial charge in [0.1, 0.15) is 6.04 Å². The molecule has 0 aliphatic heterocycles. The lowest BCUT2D eigenvalue weighted by Crippen LogP contribution is -2.43. The Morgan fingerprint density at radius 2 is 1.79 bits per heavy atom. The van der Waals surface area contributed by atoms with Crippen molar-refractivity contribution in [3.05, 3.63) is 65.2 Å². The van der Waals surface area contributed by atoms with Gasteiger partial charge in [-0.3, -0.25) is 9.59 Å². The quantitative estimate of drug-likeness (QED) is 0.615. The van der Waals surface area contributed by atoms with E-state index in [4.69, 9.17) is 4.74 Å². The van der Waals surface area contributed by atoms with E-state index in [0.29, 0.717) is 23.4 Å². The largest absolute Gasteiger partial charge is 0.454 e. The molecule has 2 rings (SSSR count). The first-order valence-corrected chi connectivity index (χ1v) is 10.7. The van der Waals surface area contributed by atoms with Gasteiger partial charge < -0.3 is 15.4 Å². The van der Waals surface area contributed by atoms with Gasteiger partial charge >= 0.3 is 5.97 Å². The maximum Gasteiger partial charge on any atom is 0.329 e. The zero-order valence-corrected chi connectivity index (χ0v) is 17.7. The summed E-state index contributed by atoms with van der Waals surface area (Å²) in [4.78, 5) is 37.0. The molecule has 0 heterocycles. The zero-order chi connectivity index (χ0) is 21.2. The van der Waals surface area contributed by atoms with Crippen molar-refractivity contribution in [3.63, 3.8) is 0 Å². The van der Waals surface area contributed by atoms with E-state index in [1.807, 2.05) is 44.4 Å². The lowest BCUT2D eigenvalue weighted by Gasteiger charge is -2.17. The number of amides is 2. The van der Waals surface area contributed by atoms with Crippen LogP contribution in [-0.2, 0) is 14.3 Å². The Balaban J connectivity index is 1.92. The fraction of sp³-hybridized carbons (Fsp3) is 0.318. The highest BCUT2D eigenvalue weighted by atomic mass is 32.2. The first-order valence-electron chi connectivity index (χ1n) is 9.29. The van der Waals surface area contributed by atoms with E-state index in [-0.39, 0.29) is 5.91 Å². The van der Waals surface area contributed by atoms with Gasteiger partial charge in [0.05, 0.1) is 0 Å². The smallest absolute Gasteiger partial charge is 0.329 e. The summed E-state index contributed by atoms with van der Waals surface area (Å²) in [7, 11) is 0. The van der Waals surface area contributed by atoms with Crippen LogP contribution >= 0.6 is 11.8 Å². The SMILES string of the molecule is CSCC[C@@H](NC(=O)c1ccccc1)C(=O)OCC(=O)Nc1ccc(C)cc1C. The Morgan fingerprint density at radius 1 is 1.07 bits per heavy atom. The molecule has 0 aliphatic rings. The average molecular weight is 415 g/mol. The highest BCUT2D eigenvalue weighted by Crippen LogP contribution is 2.16. The molecule has 29 heavy (non-hydrogen) atoms. The van der Waals surface area contributed by atoms with Gasteiger partial charge in [0, 0.05) is 11.3 Å². The number of carbonyl (C=O) groups is 3. The Hall–Kier alpha value is -2.80. The minimum Gasteiger partial charge on any atom is -0.454 e. The number of rotatable bonds is 9. The summed E-state index contributed by atoms with van der Waals surface area (Å²) < 4.78 is 5.16. The Bertz CT molecular complexity index is 855. The predicted molar refractivity (Wildman–Crippen MR) is 116 cm³/mol. The van der Waals surface area contributed by atoms with Gasteiger partial charge in [-0.1, -0.05) is 35.9 Å². The summed E-state index contributed by atoms with van der Waals surface area (Å²) in [5.41, 5.74) is 3.16. The minimum absolute atomic E-state index is 0.353. The molecule has 0 aromatic heterocycles. The molecule has 2 amide bonds. The second-order valence-electron chi connectivity index (χ2n) is 6.65. The minimum atomic E-state index is -0.816. The standard InChI is InChI=1S/C22H26N2O4S/c1-15-9-10-18(16(2)13-15)23-20(25)14-28-22(27)19(11-12-29-3)24-21(26)17-7-5-4-6-8-17/h4-10,13,19H,11-12,14H2,1-3H3,(H,23,25)(H,24,26)/t19-/m1/s1. The number of hydrogen-bond acceptors (Lipinski definition) is 5. The van der Waals surface area contributed by atoms with Crippen molar-refractivity contribution in [1.29, 1.82) is 0 Å². The molecule has 2 aromatic carbocycles. The highest BCUT2D eigenvalue weighted by molar-refractivity contribution is 7.98. The normalized spacial score (nSPS) is 11.4. The van der Waals surface area contributed by atoms with Crippen LogP contribution < -0.4 is 10.6 Å². The van der Waals surface area contributed by atoms with Crippen molar-refractivity contribution in [2.75, 3.05) is 23.9 Å². The molecule has 0 saturated heterocycles. The number of esters is 1. The molecule has 7 heteroatoms. The number of carbonyl (C=O) groups excluding carboxylic acids is 3. The second kappa shape index (κ2) is 11.3. The number of ether oxygens (including phenoxy) is 1. The van der Waals surface area contributed by atoms with E-state index in [2.05, 4.69) is 10.6 Å². The van der Waals surface area contributed by atoms with Crippen molar-refractivity contribution >= 4 is 35.2 Å². The van der Waals surface area contributed by atoms with Crippen molar-refractivity contribution in [2.45, 2.75) is 26.3 Å². The summed E-state index contributed by atoms with van der Waals surface area (Å²) in [5, 5.41) is 5.43. The number of nitrogens with one attached hydrogen (secondary N) is 2. The third-order valence-corrected chi connectivity index (χ3v) is 4.88. The average Bonchev–Trinajstić information content (AvgIpc) is 2.71. The van der Waals surface area contributed by atoms with Gasteiger partial charge in [-0.05, 0) is 56.0 Å². The molecule has 0 unspecified atom stereocenters. The number of anilines is 1. The van der Waals surface area contributed by atoms with Gasteiger partial charge in [0.15, 0.2) is 6.61 Å². The first kappa shape index (κ1) is 22.5. The molecular formula is C22H26N2O4S. The third kappa shape index (κ3) is 7.27. The molecule has 154 valence electrons. The number of benzene rings is 2. The maximum atomic E-state index is 12.5. The number of hydrogen-bond donors (Lipinski definition) is 2. The maximum absolute atomic E-state index is 12.5. The van der Waals surface area contributed by atoms with Gasteiger partial charge in [-0.15, -0.1) is 0 Å². The summed E-state index contributed by atoms with van der Waals surface area (Å²) in [6, 6.07) is 13.5. The molecule has 2 aromatic rings. The van der Waals surface area contributed by atoms with Crippen molar-refractivity contribution in [2.24, 2.45) is 0 Å². The van der Waals surface area contributed by atoms with Gasteiger partial charge in [0.2, 0.25) is 0 Å². The topological polar surface area (TPSA) is 84.5 Å². The lowest BCUT2D eigenvalue weighted by atomic mass is 10.1. The summed E-state index contributed by atoms with van der Waals surface area (Å²) in [6.07, 6.45) is 2.33. The van der Waals surface area contributed by atoms with E-state index in [1.165, 1.54) is 0 Å². The van der Waals surface area contributed by atoms with Crippen LogP contribution in [0.15, 0.2) is 48.5 Å². The molecule has 0 aliphatic carbocycles. The van der Waals surface area contributed by atoms with E-state index >= 15 is 0 Å². The van der Waals surface area contributed by atoms with Gasteiger partial charge in [0.25, 0.3) is 11.8 Å². The Morgan fingerprint density at radius 3 is 2.45 bits per heavy atom. The molecule has 1 atom stereocenters. The second-order valence-corrected chi connectivity index (χ2v) is 7.63. The molecule has 6 nitrogen and oxygen atoms in total. The Kier molecular flexibility index (Phi) is 8.73. The van der Waals surface area contributed by atoms with Gasteiger partial charge in [-0.25, -0.2) is 4.79 Å². The van der Waals surface area contributed by atoms with E-state index in [1.54, 1.807) is 36.0 Å². The third-order valence-electron chi connectivity index (χ3n) is 4.24. The molecule has 0 spiro atoms. The monoisotopic (exact) mass is 414 g/mol. The molecule has 0 radical (unpaired) electrons. The molecule has 0 fully saturated rings. The van der Waals surface area contributed by atoms with Crippen LogP contribution in [0, 0.1) is 13.8 Å². The van der Waals surface area contributed by atoms with E-state index in [9.17, 15) is 14.4 Å². The van der Waals surface area contributed by atoms with Crippen LogP contribution in [0.5, 0.6) is 0 Å². The molecule has 2 N–H and O–H groups in total.